The zero-order valence-electron chi connectivity index (χ0n) is 14.6. The fourth-order valence-corrected chi connectivity index (χ4v) is 3.41. The van der Waals surface area contributed by atoms with E-state index in [9.17, 15) is 9.00 Å². The molecule has 1 unspecified atom stereocenters. The van der Waals surface area contributed by atoms with Crippen LogP contribution in [0.3, 0.4) is 0 Å². The number of nitrogens with two attached hydrogens (primary N) is 2. The van der Waals surface area contributed by atoms with E-state index >= 15 is 0 Å². The van der Waals surface area contributed by atoms with Crippen molar-refractivity contribution in [2.24, 2.45) is 21.2 Å². The quantitative estimate of drug-likeness (QED) is 0.776. The third kappa shape index (κ3) is 5.81. The summed E-state index contributed by atoms with van der Waals surface area (Å²) in [6.45, 7) is 3.87. The lowest BCUT2D eigenvalue weighted by atomic mass is 10.0. The van der Waals surface area contributed by atoms with Gasteiger partial charge in [0, 0.05) is 5.02 Å². The lowest BCUT2D eigenvalue weighted by molar-refractivity contribution is -0.119. The zero-order valence-corrected chi connectivity index (χ0v) is 16.2. The van der Waals surface area contributed by atoms with Gasteiger partial charge in [0.05, 0.1) is 10.9 Å². The number of carbonyl (C=O) groups excluding carboxylic acids is 1. The molecule has 2 aromatic rings. The molecule has 0 spiro atoms. The van der Waals surface area contributed by atoms with E-state index in [1.807, 2.05) is 13.8 Å². The van der Waals surface area contributed by atoms with Crippen molar-refractivity contribution in [3.05, 3.63) is 53.6 Å². The summed E-state index contributed by atoms with van der Waals surface area (Å²) in [5.74, 6) is 0.517. The van der Waals surface area contributed by atoms with Gasteiger partial charge in [-0.1, -0.05) is 31.5 Å². The van der Waals surface area contributed by atoms with E-state index in [1.54, 1.807) is 36.4 Å². The van der Waals surface area contributed by atoms with E-state index in [4.69, 9.17) is 27.2 Å². The molecule has 8 heteroatoms. The third-order valence-corrected chi connectivity index (χ3v) is 5.09. The zero-order chi connectivity index (χ0) is 19.3. The van der Waals surface area contributed by atoms with Gasteiger partial charge in [-0.25, -0.2) is 9.35 Å². The summed E-state index contributed by atoms with van der Waals surface area (Å²) in [6, 6.07) is 12.3. The number of amides is 1. The van der Waals surface area contributed by atoms with Crippen molar-refractivity contribution in [2.45, 2.75) is 31.2 Å². The molecular weight excluding hydrogens is 374 g/mol. The largest absolute Gasteiger partial charge is 0.457 e. The second-order valence-electron chi connectivity index (χ2n) is 6.27. The van der Waals surface area contributed by atoms with Crippen LogP contribution in [-0.4, -0.2) is 16.2 Å². The summed E-state index contributed by atoms with van der Waals surface area (Å²) in [7, 11) is -3.42. The molecule has 0 aromatic heterocycles. The summed E-state index contributed by atoms with van der Waals surface area (Å²) >= 11 is 5.84. The van der Waals surface area contributed by atoms with E-state index < -0.39 is 21.9 Å². The van der Waals surface area contributed by atoms with Crippen LogP contribution < -0.4 is 15.6 Å². The van der Waals surface area contributed by atoms with Crippen LogP contribution in [0.5, 0.6) is 11.5 Å². The van der Waals surface area contributed by atoms with Crippen molar-refractivity contribution >= 4 is 27.4 Å². The predicted octanol–water partition coefficient (Wildman–Crippen LogP) is 3.73. The summed E-state index contributed by atoms with van der Waals surface area (Å²) in [6.07, 6.45) is 0.442. The molecule has 0 bridgehead atoms. The van der Waals surface area contributed by atoms with Crippen LogP contribution in [0, 0.1) is 5.92 Å². The van der Waals surface area contributed by atoms with Gasteiger partial charge in [-0.05, 0) is 54.8 Å². The third-order valence-electron chi connectivity index (χ3n) is 3.46. The van der Waals surface area contributed by atoms with Gasteiger partial charge in [0.2, 0.25) is 0 Å². The Morgan fingerprint density at radius 3 is 2.46 bits per heavy atom. The van der Waals surface area contributed by atoms with E-state index in [1.165, 1.54) is 12.1 Å². The van der Waals surface area contributed by atoms with E-state index in [0.717, 1.165) is 0 Å². The predicted molar refractivity (Wildman–Crippen MR) is 103 cm³/mol. The maximum absolute atomic E-state index is 12.7. The van der Waals surface area contributed by atoms with Crippen LogP contribution in [0.4, 0.5) is 0 Å². The molecule has 2 rings (SSSR count). The van der Waals surface area contributed by atoms with Gasteiger partial charge in [-0.2, -0.15) is 0 Å². The molecule has 6 nitrogen and oxygen atoms in total. The van der Waals surface area contributed by atoms with Crippen LogP contribution in [-0.2, 0) is 14.7 Å². The monoisotopic (exact) mass is 395 g/mol. The summed E-state index contributed by atoms with van der Waals surface area (Å²) in [4.78, 5) is 12.3. The topological polar surface area (TPSA) is 108 Å². The van der Waals surface area contributed by atoms with Gasteiger partial charge in [0.25, 0.3) is 5.91 Å². The van der Waals surface area contributed by atoms with Crippen LogP contribution in [0.2, 0.25) is 5.02 Å². The number of halogens is 1. The molecule has 26 heavy (non-hydrogen) atoms. The molecule has 0 aliphatic carbocycles. The number of hydrogen-bond donors (Lipinski definition) is 2. The Morgan fingerprint density at radius 2 is 1.85 bits per heavy atom. The minimum absolute atomic E-state index is 0.189. The minimum atomic E-state index is -3.42. The van der Waals surface area contributed by atoms with E-state index in [0.29, 0.717) is 22.9 Å². The first-order valence-electron chi connectivity index (χ1n) is 8.05. The molecule has 2 aromatic carbocycles. The normalized spacial score (nSPS) is 14.5. The van der Waals surface area contributed by atoms with Crippen molar-refractivity contribution in [3.63, 3.8) is 0 Å². The van der Waals surface area contributed by atoms with Crippen molar-refractivity contribution < 1.29 is 13.7 Å². The fourth-order valence-electron chi connectivity index (χ4n) is 2.22. The smallest absolute Gasteiger partial charge is 0.271 e. The molecule has 0 saturated carbocycles. The van der Waals surface area contributed by atoms with Crippen molar-refractivity contribution in [2.75, 3.05) is 0 Å². The molecule has 140 valence electrons. The Hall–Kier alpha value is -1.93. The van der Waals surface area contributed by atoms with Crippen molar-refractivity contribution in [1.82, 2.24) is 0 Å². The second kappa shape index (κ2) is 8.64. The molecule has 0 radical (unpaired) electrons. The van der Waals surface area contributed by atoms with Crippen LogP contribution in [0.15, 0.2) is 57.8 Å². The number of rotatable bonds is 6. The number of hydrogen-bond acceptors (Lipinski definition) is 4. The average molecular weight is 396 g/mol. The Labute approximate surface area is 158 Å². The number of nitrogens with zero attached hydrogens (tertiary/aromatic N) is 1. The maximum atomic E-state index is 12.7. The van der Waals surface area contributed by atoms with Crippen molar-refractivity contribution in [3.8, 4) is 11.5 Å². The Morgan fingerprint density at radius 1 is 1.19 bits per heavy atom. The van der Waals surface area contributed by atoms with Gasteiger partial charge >= 0.3 is 0 Å². The Kier molecular flexibility index (Phi) is 6.77. The van der Waals surface area contributed by atoms with Crippen molar-refractivity contribution in [1.29, 1.82) is 0 Å². The van der Waals surface area contributed by atoms with E-state index in [-0.39, 0.29) is 10.8 Å². The lowest BCUT2D eigenvalue weighted by Gasteiger charge is -2.12. The maximum Gasteiger partial charge on any atom is 0.271 e. The summed E-state index contributed by atoms with van der Waals surface area (Å²) < 4.78 is 22.0. The molecule has 2 atom stereocenters. The molecule has 0 aliphatic heterocycles. The molecule has 1 amide bonds. The molecule has 0 saturated heterocycles. The minimum Gasteiger partial charge on any atom is -0.457 e. The first kappa shape index (κ1) is 20.4. The number of ether oxygens (including phenoxy) is 1. The lowest BCUT2D eigenvalue weighted by Crippen LogP contribution is -2.32. The Balaban J connectivity index is 2.24. The fraction of sp³-hybridized carbons (Fsp3) is 0.278. The first-order chi connectivity index (χ1) is 12.2. The molecule has 0 fully saturated rings. The highest BCUT2D eigenvalue weighted by Crippen LogP contribution is 2.25. The van der Waals surface area contributed by atoms with E-state index in [2.05, 4.69) is 4.36 Å². The van der Waals surface area contributed by atoms with Crippen LogP contribution in [0.25, 0.3) is 0 Å². The Bertz CT molecular complexity index is 891. The standard InChI is InChI=1S/C18H22ClN3O3S/c1-12(2)10-17(20)18(23)22-26(21,24)16-5-3-4-15(11-16)25-14-8-6-13(19)7-9-14/h3-9,11-12,17H,10,20H2,1-2H3,(H2,21,22,23,24)/t17-,26?/m0/s1. The van der Waals surface area contributed by atoms with Gasteiger partial charge in [-0.15, -0.1) is 4.36 Å². The van der Waals surface area contributed by atoms with Crippen LogP contribution in [0.1, 0.15) is 20.3 Å². The number of benzene rings is 2. The highest BCUT2D eigenvalue weighted by atomic mass is 35.5. The highest BCUT2D eigenvalue weighted by Gasteiger charge is 2.18. The molecule has 0 aliphatic rings. The highest BCUT2D eigenvalue weighted by molar-refractivity contribution is 7.91. The second-order valence-corrected chi connectivity index (χ2v) is 8.49. The SMILES string of the molecule is CC(C)C[C@H](N)C(=O)N=S(N)(=O)c1cccc(Oc2ccc(Cl)cc2)c1. The first-order valence-corrected chi connectivity index (χ1v) is 10.0. The molecule has 0 heterocycles. The van der Waals surface area contributed by atoms with Gasteiger partial charge in [0.15, 0.2) is 0 Å². The molecule has 4 N–H and O–H groups in total. The van der Waals surface area contributed by atoms with Gasteiger partial charge < -0.3 is 10.5 Å². The number of carbonyl (C=O) groups is 1. The summed E-state index contributed by atoms with van der Waals surface area (Å²) in [5, 5.41) is 6.39. The average Bonchev–Trinajstić information content (AvgIpc) is 2.56. The summed E-state index contributed by atoms with van der Waals surface area (Å²) in [5.41, 5.74) is 5.79. The molecular formula is C18H22ClN3O3S. The van der Waals surface area contributed by atoms with Gasteiger partial charge in [0.1, 0.15) is 21.4 Å². The van der Waals surface area contributed by atoms with Gasteiger partial charge in [-0.3, -0.25) is 4.79 Å². The van der Waals surface area contributed by atoms with Crippen LogP contribution >= 0.6 is 11.6 Å².